The molecular weight excluding hydrogens is 360 g/mol. The van der Waals surface area contributed by atoms with Crippen molar-refractivity contribution < 1.29 is 0 Å². The molecule has 6 nitrogen and oxygen atoms in total. The topological polar surface area (TPSA) is 88.8 Å². The number of aromatic nitrogens is 3. The molecule has 0 radical (unpaired) electrons. The van der Waals surface area contributed by atoms with Gasteiger partial charge >= 0.3 is 0 Å². The van der Waals surface area contributed by atoms with Crippen molar-refractivity contribution in [2.24, 2.45) is 0 Å². The molecule has 0 amide bonds. The Morgan fingerprint density at radius 3 is 2.79 bits per heavy atom. The maximum atomic E-state index is 5.89. The van der Waals surface area contributed by atoms with E-state index in [1.165, 1.54) is 5.56 Å². The Labute approximate surface area is 169 Å². The van der Waals surface area contributed by atoms with E-state index >= 15 is 0 Å². The molecule has 0 aliphatic carbocycles. The summed E-state index contributed by atoms with van der Waals surface area (Å²) in [6, 6.07) is 16.5. The Morgan fingerprint density at radius 2 is 1.90 bits per heavy atom. The van der Waals surface area contributed by atoms with Crippen LogP contribution < -0.4 is 16.4 Å². The fourth-order valence-electron chi connectivity index (χ4n) is 3.84. The smallest absolute Gasteiger partial charge is 0.221 e. The molecule has 3 heterocycles. The molecule has 0 unspecified atom stereocenters. The van der Waals surface area contributed by atoms with Crippen molar-refractivity contribution in [2.45, 2.75) is 19.3 Å². The summed E-state index contributed by atoms with van der Waals surface area (Å²) in [5.74, 6) is 0.886. The highest BCUT2D eigenvalue weighted by Gasteiger charge is 2.29. The van der Waals surface area contributed by atoms with Crippen LogP contribution in [0, 0.1) is 0 Å². The second-order valence-corrected chi connectivity index (χ2v) is 8.03. The average molecular weight is 382 g/mol. The van der Waals surface area contributed by atoms with E-state index in [-0.39, 0.29) is 11.4 Å². The zero-order chi connectivity index (χ0) is 20.0. The van der Waals surface area contributed by atoms with E-state index in [4.69, 9.17) is 5.73 Å². The molecule has 6 heteroatoms. The summed E-state index contributed by atoms with van der Waals surface area (Å²) in [6.07, 6.45) is 3.57. The average Bonchev–Trinajstić information content (AvgIpc) is 3.02. The van der Waals surface area contributed by atoms with Crippen molar-refractivity contribution in [3.63, 3.8) is 0 Å². The first-order valence-electron chi connectivity index (χ1n) is 9.63. The largest absolute Gasteiger partial charge is 0.384 e. The number of hydrogen-bond donors (Lipinski definition) is 3. The maximum absolute atomic E-state index is 5.89. The van der Waals surface area contributed by atoms with E-state index < -0.39 is 0 Å². The minimum atomic E-state index is 0.128. The maximum Gasteiger partial charge on any atom is 0.221 e. The summed E-state index contributed by atoms with van der Waals surface area (Å²) in [5.41, 5.74) is 12.2. The van der Waals surface area contributed by atoms with Gasteiger partial charge in [0.25, 0.3) is 0 Å². The van der Waals surface area contributed by atoms with Gasteiger partial charge in [0.1, 0.15) is 5.82 Å². The lowest BCUT2D eigenvalue weighted by molar-refractivity contribution is 0.586. The third-order valence-electron chi connectivity index (χ3n) is 5.44. The highest BCUT2D eigenvalue weighted by Crippen LogP contribution is 2.39. The van der Waals surface area contributed by atoms with Crippen LogP contribution in [0.25, 0.3) is 22.0 Å². The molecule has 0 atom stereocenters. The van der Waals surface area contributed by atoms with Gasteiger partial charge in [0.2, 0.25) is 5.95 Å². The lowest BCUT2D eigenvalue weighted by Gasteiger charge is -2.17. The Kier molecular flexibility index (Phi) is 3.87. The lowest BCUT2D eigenvalue weighted by atomic mass is 9.86. The second kappa shape index (κ2) is 6.44. The summed E-state index contributed by atoms with van der Waals surface area (Å²) < 4.78 is 0. The van der Waals surface area contributed by atoms with Crippen LogP contribution in [0.5, 0.6) is 0 Å². The number of nitrogen functional groups attached to an aromatic ring is 1. The summed E-state index contributed by atoms with van der Waals surface area (Å²) in [6.45, 7) is 5.42. The molecule has 0 bridgehead atoms. The molecular formula is C23H22N6. The fourth-order valence-corrected chi connectivity index (χ4v) is 3.84. The number of anilines is 4. The van der Waals surface area contributed by atoms with E-state index in [0.717, 1.165) is 39.9 Å². The van der Waals surface area contributed by atoms with Crippen LogP contribution in [0.1, 0.15) is 19.4 Å². The number of benzene rings is 2. The lowest BCUT2D eigenvalue weighted by Crippen LogP contribution is -2.18. The van der Waals surface area contributed by atoms with Crippen LogP contribution in [0.2, 0.25) is 0 Å². The number of nitrogens with one attached hydrogen (secondary N) is 2. The molecule has 1 aliphatic heterocycles. The van der Waals surface area contributed by atoms with Gasteiger partial charge in [-0.2, -0.15) is 4.98 Å². The molecule has 4 N–H and O–H groups in total. The monoisotopic (exact) mass is 382 g/mol. The van der Waals surface area contributed by atoms with Crippen LogP contribution in [0.3, 0.4) is 0 Å². The molecule has 5 rings (SSSR count). The molecule has 0 fully saturated rings. The van der Waals surface area contributed by atoms with Crippen molar-refractivity contribution in [2.75, 3.05) is 22.9 Å². The SMILES string of the molecule is CC1(C)CNc2cc(-c3cnc(N)nc3Nc3cnc4ccccc4c3)ccc21. The van der Waals surface area contributed by atoms with Crippen LogP contribution in [0.4, 0.5) is 23.1 Å². The Hall–Kier alpha value is -3.67. The summed E-state index contributed by atoms with van der Waals surface area (Å²) in [4.78, 5) is 13.2. The number of hydrogen-bond acceptors (Lipinski definition) is 6. The summed E-state index contributed by atoms with van der Waals surface area (Å²) >= 11 is 0. The standard InChI is InChI=1S/C23H22N6/c1-23(2)13-27-20-10-14(7-8-18(20)23)17-12-26-22(24)29-21(17)28-16-9-15-5-3-4-6-19(15)25-11-16/h3-12,27H,13H2,1-2H3,(H3,24,26,28,29). The third kappa shape index (κ3) is 3.12. The number of rotatable bonds is 3. The van der Waals surface area contributed by atoms with Crippen molar-refractivity contribution in [3.8, 4) is 11.1 Å². The first kappa shape index (κ1) is 17.4. The normalized spacial score (nSPS) is 14.4. The van der Waals surface area contributed by atoms with Crippen LogP contribution in [-0.2, 0) is 5.41 Å². The number of fused-ring (bicyclic) bond motifs is 2. The van der Waals surface area contributed by atoms with E-state index in [1.807, 2.05) is 24.3 Å². The van der Waals surface area contributed by atoms with Gasteiger partial charge in [-0.3, -0.25) is 4.98 Å². The summed E-state index contributed by atoms with van der Waals surface area (Å²) in [5, 5.41) is 7.94. The van der Waals surface area contributed by atoms with Crippen molar-refractivity contribution >= 4 is 34.0 Å². The predicted octanol–water partition coefficient (Wildman–Crippen LogP) is 4.72. The van der Waals surface area contributed by atoms with Crippen LogP contribution in [0.15, 0.2) is 60.9 Å². The minimum absolute atomic E-state index is 0.128. The minimum Gasteiger partial charge on any atom is -0.384 e. The van der Waals surface area contributed by atoms with Gasteiger partial charge in [0.15, 0.2) is 0 Å². The molecule has 29 heavy (non-hydrogen) atoms. The number of nitrogens with two attached hydrogens (primary N) is 1. The van der Waals surface area contributed by atoms with Crippen molar-refractivity contribution in [1.82, 2.24) is 15.0 Å². The van der Waals surface area contributed by atoms with Crippen molar-refractivity contribution in [3.05, 3.63) is 66.5 Å². The van der Waals surface area contributed by atoms with Crippen molar-refractivity contribution in [1.29, 1.82) is 0 Å². The molecule has 0 saturated carbocycles. The second-order valence-electron chi connectivity index (χ2n) is 8.03. The van der Waals surface area contributed by atoms with Crippen LogP contribution >= 0.6 is 0 Å². The highest BCUT2D eigenvalue weighted by molar-refractivity contribution is 5.85. The quantitative estimate of drug-likeness (QED) is 0.475. The Morgan fingerprint density at radius 1 is 1.03 bits per heavy atom. The van der Waals surface area contributed by atoms with Gasteiger partial charge < -0.3 is 16.4 Å². The van der Waals surface area contributed by atoms with Gasteiger partial charge in [-0.05, 0) is 29.3 Å². The summed E-state index contributed by atoms with van der Waals surface area (Å²) in [7, 11) is 0. The number of para-hydroxylation sites is 1. The van der Waals surface area contributed by atoms with E-state index in [9.17, 15) is 0 Å². The first-order chi connectivity index (χ1) is 14.0. The molecule has 0 spiro atoms. The molecule has 144 valence electrons. The molecule has 0 saturated heterocycles. The predicted molar refractivity (Wildman–Crippen MR) is 118 cm³/mol. The van der Waals surface area contributed by atoms with Gasteiger partial charge in [0, 0.05) is 34.8 Å². The number of pyridine rings is 1. The van der Waals surface area contributed by atoms with E-state index in [2.05, 4.69) is 63.7 Å². The van der Waals surface area contributed by atoms with E-state index in [0.29, 0.717) is 5.82 Å². The zero-order valence-electron chi connectivity index (χ0n) is 16.4. The van der Waals surface area contributed by atoms with Gasteiger partial charge in [-0.25, -0.2) is 4.98 Å². The van der Waals surface area contributed by atoms with Gasteiger partial charge in [-0.15, -0.1) is 0 Å². The molecule has 4 aromatic rings. The van der Waals surface area contributed by atoms with Gasteiger partial charge in [0.05, 0.1) is 17.4 Å². The molecule has 1 aliphatic rings. The number of nitrogens with zero attached hydrogens (tertiary/aromatic N) is 3. The van der Waals surface area contributed by atoms with Gasteiger partial charge in [-0.1, -0.05) is 44.2 Å². The van der Waals surface area contributed by atoms with Crippen LogP contribution in [-0.4, -0.2) is 21.5 Å². The zero-order valence-corrected chi connectivity index (χ0v) is 16.4. The molecule has 2 aromatic heterocycles. The van der Waals surface area contributed by atoms with E-state index in [1.54, 1.807) is 12.4 Å². The highest BCUT2D eigenvalue weighted by atomic mass is 15.1. The fraction of sp³-hybridized carbons (Fsp3) is 0.174. The molecule has 2 aromatic carbocycles. The Balaban J connectivity index is 1.55. The Bertz CT molecular complexity index is 1230. The first-order valence-corrected chi connectivity index (χ1v) is 9.63. The third-order valence-corrected chi connectivity index (χ3v) is 5.44.